The van der Waals surface area contributed by atoms with Crippen LogP contribution in [0.1, 0.15) is 46.2 Å². The van der Waals surface area contributed by atoms with Gasteiger partial charge in [-0.15, -0.1) is 21.8 Å². The van der Waals surface area contributed by atoms with E-state index >= 15 is 0 Å². The molecule has 0 amide bonds. The molecule has 1 radical (unpaired) electrons. The van der Waals surface area contributed by atoms with Gasteiger partial charge < -0.3 is 0 Å². The summed E-state index contributed by atoms with van der Waals surface area (Å²) in [6, 6.07) is 7.05. The average Bonchev–Trinajstić information content (AvgIpc) is 3.31. The van der Waals surface area contributed by atoms with Gasteiger partial charge >= 0.3 is 0 Å². The van der Waals surface area contributed by atoms with Gasteiger partial charge in [0.05, 0.1) is 14.0 Å². The molecular weight excluding hydrogens is 392 g/mol. The Morgan fingerprint density at radius 1 is 0.964 bits per heavy atom. The van der Waals surface area contributed by atoms with E-state index in [4.69, 9.17) is 0 Å². The molecule has 28 heavy (non-hydrogen) atoms. The maximum Gasteiger partial charge on any atom is 0.0826 e. The Bertz CT molecular complexity index is 1280. The minimum atomic E-state index is -0.537. The minimum absolute atomic E-state index is 0.143. The van der Waals surface area contributed by atoms with Crippen molar-refractivity contribution in [2.45, 2.75) is 53.0 Å². The van der Waals surface area contributed by atoms with E-state index in [-0.39, 0.29) is 10.5 Å². The highest BCUT2D eigenvalue weighted by Crippen LogP contribution is 2.57. The molecule has 0 fully saturated rings. The molecule has 5 rings (SSSR count). The minimum Gasteiger partial charge on any atom is -0.141 e. The second-order valence-corrected chi connectivity index (χ2v) is 14.6. The van der Waals surface area contributed by atoms with E-state index in [0.29, 0.717) is 5.25 Å². The van der Waals surface area contributed by atoms with Gasteiger partial charge in [0.15, 0.2) is 0 Å². The van der Waals surface area contributed by atoms with Crippen LogP contribution in [0.4, 0.5) is 0 Å². The third-order valence-electron chi connectivity index (χ3n) is 6.27. The summed E-state index contributed by atoms with van der Waals surface area (Å²) in [6.07, 6.45) is 5.00. The molecule has 1 aromatic carbocycles. The monoisotopic (exact) mass is 419 g/mol. The smallest absolute Gasteiger partial charge is 0.0826 e. The summed E-state index contributed by atoms with van der Waals surface area (Å²) in [7, 11) is -0.394. The Kier molecular flexibility index (Phi) is 4.17. The maximum absolute atomic E-state index is 2.53. The van der Waals surface area contributed by atoms with Gasteiger partial charge in [-0.1, -0.05) is 36.9 Å². The van der Waals surface area contributed by atoms with Crippen LogP contribution in [-0.2, 0) is 0 Å². The molecule has 1 aliphatic heterocycles. The normalized spacial score (nSPS) is 22.6. The van der Waals surface area contributed by atoms with E-state index in [1.54, 1.807) is 36.2 Å². The van der Waals surface area contributed by atoms with Crippen molar-refractivity contribution in [1.82, 2.24) is 0 Å². The molecule has 3 heteroatoms. The van der Waals surface area contributed by atoms with Crippen molar-refractivity contribution in [2.75, 3.05) is 0 Å². The van der Waals surface area contributed by atoms with E-state index in [0.717, 1.165) is 0 Å². The van der Waals surface area contributed by atoms with Crippen LogP contribution in [0.5, 0.6) is 0 Å². The first-order valence-corrected chi connectivity index (χ1v) is 14.6. The van der Waals surface area contributed by atoms with Gasteiger partial charge in [-0.3, -0.25) is 0 Å². The predicted molar refractivity (Wildman–Crippen MR) is 131 cm³/mol. The van der Waals surface area contributed by atoms with E-state index < -0.39 is 8.80 Å². The summed E-state index contributed by atoms with van der Waals surface area (Å²) in [6.45, 7) is 16.5. The zero-order valence-electron chi connectivity index (χ0n) is 17.8. The third-order valence-corrected chi connectivity index (χ3v) is 11.9. The number of hydrogen-bond donors (Lipinski definition) is 0. The number of rotatable bonds is 2. The molecule has 1 aromatic heterocycles. The van der Waals surface area contributed by atoms with Gasteiger partial charge in [-0.05, 0) is 84.7 Å². The second kappa shape index (κ2) is 6.29. The Hall–Kier alpha value is -1.42. The number of aryl methyl sites for hydroxylation is 3. The highest BCUT2D eigenvalue weighted by molar-refractivity contribution is 8.21. The van der Waals surface area contributed by atoms with Gasteiger partial charge in [0.1, 0.15) is 0 Å². The lowest BCUT2D eigenvalue weighted by atomic mass is 9.99. The van der Waals surface area contributed by atoms with Crippen molar-refractivity contribution >= 4 is 52.3 Å². The first kappa shape index (κ1) is 18.6. The third kappa shape index (κ3) is 2.39. The molecule has 2 unspecified atom stereocenters. The van der Waals surface area contributed by atoms with Crippen LogP contribution in [0.2, 0.25) is 13.1 Å². The summed E-state index contributed by atoms with van der Waals surface area (Å²) in [5, 5.41) is 3.76. The molecule has 0 N–H and O–H groups in total. The first-order valence-electron chi connectivity index (χ1n) is 10.0. The fraction of sp³-hybridized carbons (Fsp3) is 0.320. The Balaban J connectivity index is 1.86. The zero-order valence-corrected chi connectivity index (χ0v) is 20.4. The van der Waals surface area contributed by atoms with Crippen LogP contribution in [0.3, 0.4) is 0 Å². The second-order valence-electron chi connectivity index (χ2n) is 8.61. The SMILES string of the molecule is CC1=Cc2c(C)ccc(C)c2C1S1=C2C(=c3cc(C)sc3=C2[Si](C)C)C=C1C. The van der Waals surface area contributed by atoms with E-state index in [9.17, 15) is 0 Å². The van der Waals surface area contributed by atoms with Crippen LogP contribution in [0.15, 0.2) is 34.8 Å². The quantitative estimate of drug-likeness (QED) is 0.426. The van der Waals surface area contributed by atoms with Crippen LogP contribution in [0.25, 0.3) is 16.8 Å². The van der Waals surface area contributed by atoms with Crippen molar-refractivity contribution in [3.8, 4) is 0 Å². The molecule has 0 bridgehead atoms. The zero-order chi connectivity index (χ0) is 19.9. The molecule has 0 saturated heterocycles. The highest BCUT2D eigenvalue weighted by atomic mass is 32.2. The Morgan fingerprint density at radius 3 is 2.39 bits per heavy atom. The van der Waals surface area contributed by atoms with Crippen LogP contribution < -0.4 is 9.75 Å². The van der Waals surface area contributed by atoms with Gasteiger partial charge in [-0.2, -0.15) is 0 Å². The number of fused-ring (bicyclic) bond motifs is 3. The van der Waals surface area contributed by atoms with Crippen LogP contribution in [0, 0.1) is 20.8 Å². The lowest BCUT2D eigenvalue weighted by Gasteiger charge is -2.25. The molecule has 0 nitrogen and oxygen atoms in total. The van der Waals surface area contributed by atoms with Gasteiger partial charge in [-0.25, -0.2) is 0 Å². The average molecular weight is 420 g/mol. The van der Waals surface area contributed by atoms with Gasteiger partial charge in [0, 0.05) is 19.5 Å². The van der Waals surface area contributed by atoms with Crippen molar-refractivity contribution in [3.63, 3.8) is 0 Å². The lowest BCUT2D eigenvalue weighted by molar-refractivity contribution is 1.12. The summed E-state index contributed by atoms with van der Waals surface area (Å²) in [4.78, 5) is 4.72. The standard InChI is InChI=1S/C25H27S2Si/c1-13-8-9-14(2)21-18(13)10-15(3)23(21)27-17(5)12-20-19-11-16(4)26-22(19)25(24(20)27)28(6)7/h8-12,23H,1-7H3. The first-order chi connectivity index (χ1) is 13.3. The van der Waals surface area contributed by atoms with Crippen molar-refractivity contribution in [2.24, 2.45) is 0 Å². The van der Waals surface area contributed by atoms with Crippen LogP contribution in [-0.4, -0.2) is 13.7 Å². The molecular formula is C25H27S2Si. The molecule has 143 valence electrons. The van der Waals surface area contributed by atoms with Crippen LogP contribution >= 0.6 is 21.8 Å². The number of hydrogen-bond acceptors (Lipinski definition) is 1. The fourth-order valence-corrected chi connectivity index (χ4v) is 11.9. The number of thiophene rings is 1. The molecule has 3 aliphatic rings. The van der Waals surface area contributed by atoms with E-state index in [2.05, 4.69) is 78.1 Å². The molecule has 0 spiro atoms. The van der Waals surface area contributed by atoms with E-state index in [1.807, 2.05) is 11.3 Å². The molecule has 0 saturated carbocycles. The Morgan fingerprint density at radius 2 is 1.68 bits per heavy atom. The summed E-state index contributed by atoms with van der Waals surface area (Å²) in [5.41, 5.74) is 9.05. The van der Waals surface area contributed by atoms with Crippen molar-refractivity contribution < 1.29 is 0 Å². The lowest BCUT2D eigenvalue weighted by Crippen LogP contribution is -2.22. The van der Waals surface area contributed by atoms with Crippen molar-refractivity contribution in [1.29, 1.82) is 0 Å². The van der Waals surface area contributed by atoms with Crippen molar-refractivity contribution in [3.05, 3.63) is 71.6 Å². The largest absolute Gasteiger partial charge is 0.141 e. The molecule has 2 atom stereocenters. The fourth-order valence-electron chi connectivity index (χ4n) is 5.05. The summed E-state index contributed by atoms with van der Waals surface area (Å²) >= 11 is 2.02. The topological polar surface area (TPSA) is 0 Å². The molecule has 2 aliphatic carbocycles. The number of allylic oxidation sites excluding steroid dienone is 2. The maximum atomic E-state index is 2.53. The Labute approximate surface area is 176 Å². The summed E-state index contributed by atoms with van der Waals surface area (Å²) < 4.78 is 1.59. The summed E-state index contributed by atoms with van der Waals surface area (Å²) in [5.74, 6) is 0. The number of benzene rings is 1. The predicted octanol–water partition coefficient (Wildman–Crippen LogP) is 5.80. The molecule has 2 aromatic rings. The molecule has 2 heterocycles. The van der Waals surface area contributed by atoms with E-state index in [1.165, 1.54) is 26.8 Å². The highest BCUT2D eigenvalue weighted by Gasteiger charge is 2.37. The van der Waals surface area contributed by atoms with Gasteiger partial charge in [0.2, 0.25) is 0 Å². The van der Waals surface area contributed by atoms with Gasteiger partial charge in [0.25, 0.3) is 0 Å².